The number of aromatic nitrogens is 1. The maximum absolute atomic E-state index is 13.1. The lowest BCUT2D eigenvalue weighted by Crippen LogP contribution is -1.88. The molecule has 1 aromatic heterocycles. The predicted molar refractivity (Wildman–Crippen MR) is 47.3 cm³/mol. The highest BCUT2D eigenvalue weighted by Gasteiger charge is 2.06. The monoisotopic (exact) mass is 191 g/mol. The number of aldehydes is 1. The van der Waals surface area contributed by atoms with E-state index >= 15 is 0 Å². The Morgan fingerprint density at radius 2 is 2.29 bits per heavy atom. The molecule has 0 saturated heterocycles. The van der Waals surface area contributed by atoms with Gasteiger partial charge >= 0.3 is 0 Å². The van der Waals surface area contributed by atoms with Crippen molar-refractivity contribution in [1.82, 2.24) is 4.98 Å². The van der Waals surface area contributed by atoms with E-state index < -0.39 is 5.82 Å². The Labute approximate surface area is 79.2 Å². The van der Waals surface area contributed by atoms with Gasteiger partial charge in [-0.15, -0.1) is 0 Å². The van der Waals surface area contributed by atoms with Crippen molar-refractivity contribution in [2.45, 2.75) is 0 Å². The summed E-state index contributed by atoms with van der Waals surface area (Å²) in [7, 11) is 0. The SMILES string of the molecule is O=Cc1ccc(-c2ncco2)cc1F. The van der Waals surface area contributed by atoms with Gasteiger partial charge in [-0.25, -0.2) is 9.37 Å². The molecule has 2 aromatic rings. The van der Waals surface area contributed by atoms with Crippen LogP contribution in [0, 0.1) is 5.82 Å². The largest absolute Gasteiger partial charge is 0.445 e. The normalized spacial score (nSPS) is 10.1. The lowest BCUT2D eigenvalue weighted by atomic mass is 10.1. The molecule has 0 radical (unpaired) electrons. The Kier molecular flexibility index (Phi) is 2.10. The van der Waals surface area contributed by atoms with Crippen LogP contribution in [0.2, 0.25) is 0 Å². The molecule has 0 saturated carbocycles. The molecular weight excluding hydrogens is 185 g/mol. The van der Waals surface area contributed by atoms with Crippen molar-refractivity contribution in [3.63, 3.8) is 0 Å². The Morgan fingerprint density at radius 1 is 1.43 bits per heavy atom. The van der Waals surface area contributed by atoms with Crippen LogP contribution < -0.4 is 0 Å². The lowest BCUT2D eigenvalue weighted by molar-refractivity contribution is 0.112. The summed E-state index contributed by atoms with van der Waals surface area (Å²) in [6.45, 7) is 0. The fourth-order valence-electron chi connectivity index (χ4n) is 1.12. The molecule has 0 bridgehead atoms. The molecule has 0 N–H and O–H groups in total. The van der Waals surface area contributed by atoms with Gasteiger partial charge in [0.15, 0.2) is 6.29 Å². The predicted octanol–water partition coefficient (Wildman–Crippen LogP) is 2.29. The maximum atomic E-state index is 13.1. The summed E-state index contributed by atoms with van der Waals surface area (Å²) >= 11 is 0. The Bertz CT molecular complexity index is 451. The van der Waals surface area contributed by atoms with Crippen molar-refractivity contribution >= 4 is 6.29 Å². The smallest absolute Gasteiger partial charge is 0.225 e. The van der Waals surface area contributed by atoms with E-state index in [0.717, 1.165) is 0 Å². The van der Waals surface area contributed by atoms with E-state index in [9.17, 15) is 9.18 Å². The van der Waals surface area contributed by atoms with E-state index in [-0.39, 0.29) is 5.56 Å². The zero-order valence-corrected chi connectivity index (χ0v) is 7.11. The van der Waals surface area contributed by atoms with Gasteiger partial charge in [-0.2, -0.15) is 0 Å². The number of benzene rings is 1. The molecule has 1 aromatic carbocycles. The van der Waals surface area contributed by atoms with Gasteiger partial charge in [-0.3, -0.25) is 4.79 Å². The summed E-state index contributed by atoms with van der Waals surface area (Å²) in [5, 5.41) is 0. The molecule has 2 rings (SSSR count). The van der Waals surface area contributed by atoms with E-state index in [4.69, 9.17) is 4.42 Å². The van der Waals surface area contributed by atoms with Crippen LogP contribution in [0.4, 0.5) is 4.39 Å². The fourth-order valence-corrected chi connectivity index (χ4v) is 1.12. The number of nitrogens with zero attached hydrogens (tertiary/aromatic N) is 1. The molecule has 0 unspecified atom stereocenters. The number of hydrogen-bond acceptors (Lipinski definition) is 3. The van der Waals surface area contributed by atoms with Gasteiger partial charge in [0.05, 0.1) is 11.8 Å². The first-order valence-electron chi connectivity index (χ1n) is 3.96. The van der Waals surface area contributed by atoms with Crippen LogP contribution in [0.5, 0.6) is 0 Å². The second kappa shape index (κ2) is 3.41. The molecule has 0 aliphatic heterocycles. The highest BCUT2D eigenvalue weighted by atomic mass is 19.1. The molecule has 14 heavy (non-hydrogen) atoms. The highest BCUT2D eigenvalue weighted by molar-refractivity contribution is 5.76. The van der Waals surface area contributed by atoms with E-state index in [2.05, 4.69) is 4.98 Å². The van der Waals surface area contributed by atoms with Crippen molar-refractivity contribution < 1.29 is 13.6 Å². The van der Waals surface area contributed by atoms with Crippen molar-refractivity contribution in [1.29, 1.82) is 0 Å². The van der Waals surface area contributed by atoms with Gasteiger partial charge in [0.25, 0.3) is 0 Å². The minimum absolute atomic E-state index is 0.0281. The number of rotatable bonds is 2. The topological polar surface area (TPSA) is 43.1 Å². The maximum Gasteiger partial charge on any atom is 0.225 e. The lowest BCUT2D eigenvalue weighted by Gasteiger charge is -1.97. The summed E-state index contributed by atoms with van der Waals surface area (Å²) in [5.74, 6) is -0.239. The summed E-state index contributed by atoms with van der Waals surface area (Å²) in [6.07, 6.45) is 3.34. The second-order valence-corrected chi connectivity index (χ2v) is 2.69. The van der Waals surface area contributed by atoms with Crippen molar-refractivity contribution in [2.75, 3.05) is 0 Å². The molecule has 3 nitrogen and oxygen atoms in total. The van der Waals surface area contributed by atoms with Crippen LogP contribution in [0.3, 0.4) is 0 Å². The molecule has 1 heterocycles. The third-order valence-electron chi connectivity index (χ3n) is 1.81. The summed E-state index contributed by atoms with van der Waals surface area (Å²) in [4.78, 5) is 14.2. The van der Waals surface area contributed by atoms with Crippen molar-refractivity contribution in [3.05, 3.63) is 42.0 Å². The molecule has 0 fully saturated rings. The fraction of sp³-hybridized carbons (Fsp3) is 0. The number of carbonyl (C=O) groups is 1. The van der Waals surface area contributed by atoms with E-state index in [1.54, 1.807) is 6.07 Å². The third kappa shape index (κ3) is 1.42. The molecule has 4 heteroatoms. The highest BCUT2D eigenvalue weighted by Crippen LogP contribution is 2.19. The zero-order chi connectivity index (χ0) is 9.97. The summed E-state index contributed by atoms with van der Waals surface area (Å²) in [6, 6.07) is 4.19. The second-order valence-electron chi connectivity index (χ2n) is 2.69. The first-order valence-corrected chi connectivity index (χ1v) is 3.96. The van der Waals surface area contributed by atoms with Crippen LogP contribution >= 0.6 is 0 Å². The summed E-state index contributed by atoms with van der Waals surface area (Å²) < 4.78 is 18.1. The van der Waals surface area contributed by atoms with Crippen molar-refractivity contribution in [3.8, 4) is 11.5 Å². The average molecular weight is 191 g/mol. The van der Waals surface area contributed by atoms with Gasteiger partial charge in [-0.1, -0.05) is 0 Å². The quantitative estimate of drug-likeness (QED) is 0.684. The molecular formula is C10H6FNO2. The number of halogens is 1. The molecule has 0 atom stereocenters. The van der Waals surface area contributed by atoms with Gasteiger partial charge in [-0.05, 0) is 18.2 Å². The number of oxazole rings is 1. The van der Waals surface area contributed by atoms with Gasteiger partial charge in [0, 0.05) is 5.56 Å². The van der Waals surface area contributed by atoms with E-state index in [1.807, 2.05) is 0 Å². The minimum Gasteiger partial charge on any atom is -0.445 e. The molecule has 0 aliphatic carbocycles. The average Bonchev–Trinajstić information content (AvgIpc) is 2.70. The van der Waals surface area contributed by atoms with Gasteiger partial charge < -0.3 is 4.42 Å². The standard InChI is InChI=1S/C10H6FNO2/c11-9-5-7(1-2-8(9)6-13)10-12-3-4-14-10/h1-6H. The first-order chi connectivity index (χ1) is 6.81. The zero-order valence-electron chi connectivity index (χ0n) is 7.11. The summed E-state index contributed by atoms with van der Waals surface area (Å²) in [5.41, 5.74) is 0.540. The Balaban J connectivity index is 2.48. The van der Waals surface area contributed by atoms with Crippen molar-refractivity contribution in [2.24, 2.45) is 0 Å². The van der Waals surface area contributed by atoms with E-state index in [0.29, 0.717) is 17.7 Å². The first kappa shape index (κ1) is 8.62. The number of hydrogen-bond donors (Lipinski definition) is 0. The van der Waals surface area contributed by atoms with Crippen LogP contribution in [-0.2, 0) is 0 Å². The molecule has 0 spiro atoms. The van der Waals surface area contributed by atoms with Crippen LogP contribution in [0.1, 0.15) is 10.4 Å². The number of carbonyl (C=O) groups excluding carboxylic acids is 1. The van der Waals surface area contributed by atoms with E-state index in [1.165, 1.54) is 24.6 Å². The van der Waals surface area contributed by atoms with Crippen LogP contribution in [-0.4, -0.2) is 11.3 Å². The molecule has 70 valence electrons. The van der Waals surface area contributed by atoms with Gasteiger partial charge in [0.1, 0.15) is 12.1 Å². The molecule has 0 amide bonds. The van der Waals surface area contributed by atoms with Gasteiger partial charge in [0.2, 0.25) is 5.89 Å². The van der Waals surface area contributed by atoms with Crippen LogP contribution in [0.15, 0.2) is 35.1 Å². The Morgan fingerprint density at radius 3 is 2.86 bits per heavy atom. The third-order valence-corrected chi connectivity index (χ3v) is 1.81. The molecule has 0 aliphatic rings. The minimum atomic E-state index is -0.573. The Hall–Kier alpha value is -1.97. The van der Waals surface area contributed by atoms with Crippen LogP contribution in [0.25, 0.3) is 11.5 Å².